The Balaban J connectivity index is 1.36. The van der Waals surface area contributed by atoms with Gasteiger partial charge in [0.2, 0.25) is 0 Å². The molecule has 0 aliphatic heterocycles. The molecule has 0 saturated carbocycles. The normalized spacial score (nSPS) is 11.8. The predicted molar refractivity (Wildman–Crippen MR) is 127 cm³/mol. The molecule has 1 N–H and O–H groups in total. The number of hydrogen-bond donors (Lipinski definition) is 1. The van der Waals surface area contributed by atoms with Gasteiger partial charge >= 0.3 is 0 Å². The highest BCUT2D eigenvalue weighted by Gasteiger charge is 2.18. The first-order valence-electron chi connectivity index (χ1n) is 10.7. The Kier molecular flexibility index (Phi) is 5.58. The molecule has 9 nitrogen and oxygen atoms in total. The highest BCUT2D eigenvalue weighted by molar-refractivity contribution is 7.90. The van der Waals surface area contributed by atoms with Crippen LogP contribution in [-0.2, 0) is 22.8 Å². The van der Waals surface area contributed by atoms with Gasteiger partial charge in [-0.15, -0.1) is 10.2 Å². The van der Waals surface area contributed by atoms with Gasteiger partial charge in [0.25, 0.3) is 5.91 Å². The van der Waals surface area contributed by atoms with Gasteiger partial charge in [0.15, 0.2) is 21.2 Å². The summed E-state index contributed by atoms with van der Waals surface area (Å²) in [6.45, 7) is 0.717. The monoisotopic (exact) mass is 474 g/mol. The smallest absolute Gasteiger partial charge is 0.272 e. The maximum Gasteiger partial charge on any atom is 0.272 e. The molecule has 0 aliphatic carbocycles. The minimum atomic E-state index is -3.32. The first-order chi connectivity index (χ1) is 16.4. The van der Waals surface area contributed by atoms with E-state index in [0.29, 0.717) is 25.2 Å². The second kappa shape index (κ2) is 8.71. The molecule has 172 valence electrons. The fourth-order valence-corrected chi connectivity index (χ4v) is 4.59. The third-order valence-corrected chi connectivity index (χ3v) is 6.66. The number of sulfone groups is 1. The first-order valence-corrected chi connectivity index (χ1v) is 12.6. The van der Waals surface area contributed by atoms with Crippen LogP contribution in [0.5, 0.6) is 0 Å². The summed E-state index contributed by atoms with van der Waals surface area (Å²) in [5, 5.41) is 16.5. The van der Waals surface area contributed by atoms with Crippen molar-refractivity contribution in [3.05, 3.63) is 90.0 Å². The van der Waals surface area contributed by atoms with Crippen molar-refractivity contribution in [1.29, 1.82) is 0 Å². The van der Waals surface area contributed by atoms with E-state index in [1.54, 1.807) is 22.9 Å². The zero-order chi connectivity index (χ0) is 23.7. The van der Waals surface area contributed by atoms with E-state index in [1.165, 1.54) is 6.26 Å². The summed E-state index contributed by atoms with van der Waals surface area (Å²) >= 11 is 0. The third kappa shape index (κ3) is 4.27. The molecule has 0 bridgehead atoms. The second-order valence-electron chi connectivity index (χ2n) is 7.99. The molecule has 2 aromatic carbocycles. The molecule has 34 heavy (non-hydrogen) atoms. The summed E-state index contributed by atoms with van der Waals surface area (Å²) < 4.78 is 27.4. The van der Waals surface area contributed by atoms with Crippen molar-refractivity contribution in [3.63, 3.8) is 0 Å². The Hall–Kier alpha value is -4.05. The quantitative estimate of drug-likeness (QED) is 0.388. The van der Waals surface area contributed by atoms with Crippen LogP contribution in [0.3, 0.4) is 0 Å². The zero-order valence-corrected chi connectivity index (χ0v) is 19.2. The number of nitrogens with one attached hydrogen (secondary N) is 1. The van der Waals surface area contributed by atoms with Crippen LogP contribution in [0.1, 0.15) is 21.9 Å². The SMILES string of the molecule is CS(=O)(=O)c1cccc(Cn2nc(C(=O)NCCc3nnc4ccccn34)c3ccccc32)c1. The molecule has 5 rings (SSSR count). The van der Waals surface area contributed by atoms with Crippen LogP contribution < -0.4 is 5.32 Å². The van der Waals surface area contributed by atoms with Crippen molar-refractivity contribution in [1.82, 2.24) is 29.7 Å². The predicted octanol–water partition coefficient (Wildman–Crippen LogP) is 2.50. The highest BCUT2D eigenvalue weighted by atomic mass is 32.2. The van der Waals surface area contributed by atoms with Gasteiger partial charge in [0, 0.05) is 30.8 Å². The average molecular weight is 475 g/mol. The summed E-state index contributed by atoms with van der Waals surface area (Å²) in [5.74, 6) is 0.478. The van der Waals surface area contributed by atoms with Crippen molar-refractivity contribution in [2.75, 3.05) is 12.8 Å². The van der Waals surface area contributed by atoms with Gasteiger partial charge in [0.1, 0.15) is 5.82 Å². The van der Waals surface area contributed by atoms with E-state index in [4.69, 9.17) is 0 Å². The summed E-state index contributed by atoms with van der Waals surface area (Å²) in [7, 11) is -3.32. The maximum atomic E-state index is 13.0. The lowest BCUT2D eigenvalue weighted by Gasteiger charge is -2.06. The molecule has 0 spiro atoms. The molecule has 0 unspecified atom stereocenters. The number of nitrogens with zero attached hydrogens (tertiary/aromatic N) is 5. The van der Waals surface area contributed by atoms with Crippen LogP contribution in [0.4, 0.5) is 0 Å². The number of para-hydroxylation sites is 1. The van der Waals surface area contributed by atoms with Gasteiger partial charge < -0.3 is 5.32 Å². The van der Waals surface area contributed by atoms with Gasteiger partial charge in [-0.1, -0.05) is 36.4 Å². The largest absolute Gasteiger partial charge is 0.350 e. The van der Waals surface area contributed by atoms with Crippen molar-refractivity contribution in [2.24, 2.45) is 0 Å². The van der Waals surface area contributed by atoms with Crippen LogP contribution in [0.2, 0.25) is 0 Å². The standard InChI is InChI=1S/C24H22N6O3S/c1-34(32,33)18-8-6-7-17(15-18)16-30-20-10-3-2-9-19(20)23(28-30)24(31)25-13-12-22-27-26-21-11-4-5-14-29(21)22/h2-11,14-15H,12-13,16H2,1H3,(H,25,31). The molecule has 5 aromatic rings. The Morgan fingerprint density at radius 1 is 1.00 bits per heavy atom. The lowest BCUT2D eigenvalue weighted by Crippen LogP contribution is -2.27. The molecule has 0 saturated heterocycles. The van der Waals surface area contributed by atoms with E-state index in [-0.39, 0.29) is 10.8 Å². The summed E-state index contributed by atoms with van der Waals surface area (Å²) in [6, 6.07) is 19.9. The lowest BCUT2D eigenvalue weighted by molar-refractivity contribution is 0.0949. The molecule has 0 atom stereocenters. The maximum absolute atomic E-state index is 13.0. The molecule has 0 fully saturated rings. The Morgan fingerprint density at radius 3 is 2.68 bits per heavy atom. The first kappa shape index (κ1) is 21.8. The fourth-order valence-electron chi connectivity index (χ4n) is 3.90. The van der Waals surface area contributed by atoms with Crippen LogP contribution >= 0.6 is 0 Å². The van der Waals surface area contributed by atoms with Gasteiger partial charge in [-0.25, -0.2) is 8.42 Å². The van der Waals surface area contributed by atoms with E-state index in [0.717, 1.165) is 27.9 Å². The topological polar surface area (TPSA) is 111 Å². The number of aromatic nitrogens is 5. The molecular weight excluding hydrogens is 452 g/mol. The number of rotatable bonds is 7. The number of amides is 1. The van der Waals surface area contributed by atoms with Gasteiger partial charge in [-0.05, 0) is 35.9 Å². The molecule has 1 amide bonds. The van der Waals surface area contributed by atoms with Crippen LogP contribution in [0.15, 0.2) is 77.8 Å². The van der Waals surface area contributed by atoms with Crippen molar-refractivity contribution >= 4 is 32.3 Å². The number of benzene rings is 2. The Labute approximate surface area is 196 Å². The van der Waals surface area contributed by atoms with Crippen molar-refractivity contribution < 1.29 is 13.2 Å². The summed E-state index contributed by atoms with van der Waals surface area (Å²) in [5.41, 5.74) is 2.65. The molecule has 10 heteroatoms. The van der Waals surface area contributed by atoms with Gasteiger partial charge in [-0.3, -0.25) is 13.9 Å². The minimum absolute atomic E-state index is 0.250. The van der Waals surface area contributed by atoms with Gasteiger partial charge in [0.05, 0.1) is 17.0 Å². The average Bonchev–Trinajstić information content (AvgIpc) is 3.41. The van der Waals surface area contributed by atoms with Crippen LogP contribution in [0.25, 0.3) is 16.6 Å². The molecule has 0 radical (unpaired) electrons. The molecule has 3 aromatic heterocycles. The number of fused-ring (bicyclic) bond motifs is 2. The van der Waals surface area contributed by atoms with E-state index < -0.39 is 9.84 Å². The highest BCUT2D eigenvalue weighted by Crippen LogP contribution is 2.21. The minimum Gasteiger partial charge on any atom is -0.350 e. The number of carbonyl (C=O) groups excluding carboxylic acids is 1. The van der Waals surface area contributed by atoms with Crippen LogP contribution in [-0.4, -0.2) is 51.5 Å². The Morgan fingerprint density at radius 2 is 1.82 bits per heavy atom. The van der Waals surface area contributed by atoms with Gasteiger partial charge in [-0.2, -0.15) is 5.10 Å². The summed E-state index contributed by atoms with van der Waals surface area (Å²) in [6.07, 6.45) is 3.59. The fraction of sp³-hybridized carbons (Fsp3) is 0.167. The third-order valence-electron chi connectivity index (χ3n) is 5.55. The molecular formula is C24H22N6O3S. The van der Waals surface area contributed by atoms with Crippen molar-refractivity contribution in [3.8, 4) is 0 Å². The van der Waals surface area contributed by atoms with E-state index in [2.05, 4.69) is 20.6 Å². The number of pyridine rings is 1. The van der Waals surface area contributed by atoms with Crippen molar-refractivity contribution in [2.45, 2.75) is 17.9 Å². The molecule has 3 heterocycles. The lowest BCUT2D eigenvalue weighted by atomic mass is 10.2. The van der Waals surface area contributed by atoms with E-state index >= 15 is 0 Å². The number of hydrogen-bond acceptors (Lipinski definition) is 6. The Bertz CT molecular complexity index is 1620. The molecule has 0 aliphatic rings. The van der Waals surface area contributed by atoms with E-state index in [1.807, 2.05) is 59.1 Å². The van der Waals surface area contributed by atoms with E-state index in [9.17, 15) is 13.2 Å². The summed E-state index contributed by atoms with van der Waals surface area (Å²) in [4.78, 5) is 13.2. The zero-order valence-electron chi connectivity index (χ0n) is 18.4. The second-order valence-corrected chi connectivity index (χ2v) is 10.0. The van der Waals surface area contributed by atoms with Crippen LogP contribution in [0, 0.1) is 0 Å². The number of carbonyl (C=O) groups is 1.